The first-order chi connectivity index (χ1) is 8.61. The molecule has 100 valence electrons. The van der Waals surface area contributed by atoms with Crippen LogP contribution in [0.5, 0.6) is 0 Å². The lowest BCUT2D eigenvalue weighted by Crippen LogP contribution is -2.40. The molecule has 1 aromatic heterocycles. The summed E-state index contributed by atoms with van der Waals surface area (Å²) in [4.78, 5) is 14.1. The molecule has 1 amide bonds. The average molecular weight is 332 g/mol. The third-order valence-corrected chi connectivity index (χ3v) is 5.43. The Bertz CT molecular complexity index is 427. The van der Waals surface area contributed by atoms with Crippen LogP contribution in [0.1, 0.15) is 41.2 Å². The van der Waals surface area contributed by atoms with Gasteiger partial charge in [-0.3, -0.25) is 4.79 Å². The van der Waals surface area contributed by atoms with E-state index in [1.807, 2.05) is 13.0 Å². The Kier molecular flexibility index (Phi) is 4.81. The van der Waals surface area contributed by atoms with Gasteiger partial charge in [0.2, 0.25) is 0 Å². The molecule has 18 heavy (non-hydrogen) atoms. The first kappa shape index (κ1) is 14.0. The number of nitrogens with one attached hydrogen (secondary N) is 1. The van der Waals surface area contributed by atoms with E-state index >= 15 is 0 Å². The van der Waals surface area contributed by atoms with Crippen LogP contribution in [-0.2, 0) is 11.2 Å². The van der Waals surface area contributed by atoms with Crippen LogP contribution < -0.4 is 5.32 Å². The van der Waals surface area contributed by atoms with E-state index in [4.69, 9.17) is 4.74 Å². The van der Waals surface area contributed by atoms with Crippen molar-refractivity contribution in [1.29, 1.82) is 0 Å². The number of thiophene rings is 1. The molecule has 0 unspecified atom stereocenters. The van der Waals surface area contributed by atoms with Gasteiger partial charge in [-0.2, -0.15) is 0 Å². The summed E-state index contributed by atoms with van der Waals surface area (Å²) in [5.41, 5.74) is 0. The minimum atomic E-state index is 0.00315. The molecule has 0 radical (unpaired) electrons. The van der Waals surface area contributed by atoms with Crippen LogP contribution in [0.15, 0.2) is 10.5 Å². The Morgan fingerprint density at radius 1 is 1.72 bits per heavy atom. The molecule has 1 fully saturated rings. The van der Waals surface area contributed by atoms with Crippen molar-refractivity contribution < 1.29 is 9.53 Å². The fourth-order valence-corrected chi connectivity index (χ4v) is 3.93. The Labute approximate surface area is 120 Å². The fourth-order valence-electron chi connectivity index (χ4n) is 2.13. The molecular formula is C13H18BrNO2S. The number of hydrogen-bond acceptors (Lipinski definition) is 3. The van der Waals surface area contributed by atoms with E-state index in [2.05, 4.69) is 28.2 Å². The molecular weight excluding hydrogens is 314 g/mol. The predicted octanol–water partition coefficient (Wildman–Crippen LogP) is 3.37. The third kappa shape index (κ3) is 3.13. The highest BCUT2D eigenvalue weighted by Gasteiger charge is 2.24. The number of ether oxygens (including phenoxy) is 1. The zero-order valence-corrected chi connectivity index (χ0v) is 13.1. The number of hydrogen-bond donors (Lipinski definition) is 1. The SMILES string of the molecule is CCc1sc(C(=O)N[C@@H](C)[C@H]2CCCO2)cc1Br. The summed E-state index contributed by atoms with van der Waals surface area (Å²) in [5.74, 6) is 0.00315. The summed E-state index contributed by atoms with van der Waals surface area (Å²) in [6, 6.07) is 1.98. The third-order valence-electron chi connectivity index (χ3n) is 3.18. The largest absolute Gasteiger partial charge is 0.376 e. The molecule has 3 nitrogen and oxygen atoms in total. The zero-order valence-electron chi connectivity index (χ0n) is 10.7. The Balaban J connectivity index is 1.97. The summed E-state index contributed by atoms with van der Waals surface area (Å²) in [6.07, 6.45) is 3.24. The molecule has 1 aliphatic rings. The highest BCUT2D eigenvalue weighted by atomic mass is 79.9. The van der Waals surface area contributed by atoms with Gasteiger partial charge in [-0.15, -0.1) is 11.3 Å². The normalized spacial score (nSPS) is 20.9. The van der Waals surface area contributed by atoms with Gasteiger partial charge in [0.25, 0.3) is 5.91 Å². The van der Waals surface area contributed by atoms with Crippen LogP contribution in [0.2, 0.25) is 0 Å². The number of amides is 1. The van der Waals surface area contributed by atoms with Gasteiger partial charge in [-0.05, 0) is 48.2 Å². The van der Waals surface area contributed by atoms with E-state index in [9.17, 15) is 4.79 Å². The highest BCUT2D eigenvalue weighted by Crippen LogP contribution is 2.28. The first-order valence-electron chi connectivity index (χ1n) is 6.32. The molecule has 0 saturated carbocycles. The smallest absolute Gasteiger partial charge is 0.261 e. The molecule has 0 spiro atoms. The summed E-state index contributed by atoms with van der Waals surface area (Å²) in [7, 11) is 0. The number of carbonyl (C=O) groups is 1. The van der Waals surface area contributed by atoms with Gasteiger partial charge in [0.05, 0.1) is 17.0 Å². The van der Waals surface area contributed by atoms with Gasteiger partial charge in [0.15, 0.2) is 0 Å². The minimum Gasteiger partial charge on any atom is -0.376 e. The standard InChI is InChI=1S/C13H18BrNO2S/c1-3-11-9(14)7-12(18-11)13(16)15-8(2)10-5-4-6-17-10/h7-8,10H,3-6H2,1-2H3,(H,15,16)/t8-,10+/m0/s1. The number of aryl methyl sites for hydroxylation is 1. The van der Waals surface area contributed by atoms with Crippen molar-refractivity contribution in [3.8, 4) is 0 Å². The van der Waals surface area contributed by atoms with Gasteiger partial charge in [-0.1, -0.05) is 6.92 Å². The van der Waals surface area contributed by atoms with Gasteiger partial charge < -0.3 is 10.1 Å². The molecule has 2 atom stereocenters. The van der Waals surface area contributed by atoms with Crippen LogP contribution in [0.4, 0.5) is 0 Å². The first-order valence-corrected chi connectivity index (χ1v) is 7.93. The minimum absolute atomic E-state index is 0.00315. The molecule has 1 aliphatic heterocycles. The van der Waals surface area contributed by atoms with Crippen molar-refractivity contribution in [2.24, 2.45) is 0 Å². The monoisotopic (exact) mass is 331 g/mol. The van der Waals surface area contributed by atoms with E-state index < -0.39 is 0 Å². The number of carbonyl (C=O) groups excluding carboxylic acids is 1. The van der Waals surface area contributed by atoms with Crippen molar-refractivity contribution in [2.75, 3.05) is 6.61 Å². The van der Waals surface area contributed by atoms with Crippen molar-refractivity contribution in [1.82, 2.24) is 5.32 Å². The van der Waals surface area contributed by atoms with Crippen LogP contribution >= 0.6 is 27.3 Å². The summed E-state index contributed by atoms with van der Waals surface area (Å²) < 4.78 is 6.61. The van der Waals surface area contributed by atoms with E-state index in [-0.39, 0.29) is 18.1 Å². The average Bonchev–Trinajstić information content (AvgIpc) is 2.97. The Hall–Kier alpha value is -0.390. The lowest BCUT2D eigenvalue weighted by molar-refractivity contribution is 0.0714. The molecule has 5 heteroatoms. The van der Waals surface area contributed by atoms with Crippen molar-refractivity contribution in [2.45, 2.75) is 45.3 Å². The molecule has 0 aliphatic carbocycles. The topological polar surface area (TPSA) is 38.3 Å². The van der Waals surface area contributed by atoms with Gasteiger partial charge in [0, 0.05) is 16.0 Å². The quantitative estimate of drug-likeness (QED) is 0.918. The molecule has 1 aromatic rings. The van der Waals surface area contributed by atoms with E-state index in [0.717, 1.165) is 35.2 Å². The molecule has 0 bridgehead atoms. The summed E-state index contributed by atoms with van der Waals surface area (Å²) in [5, 5.41) is 3.03. The van der Waals surface area contributed by atoms with E-state index in [0.29, 0.717) is 0 Å². The molecule has 1 N–H and O–H groups in total. The van der Waals surface area contributed by atoms with Gasteiger partial charge in [0.1, 0.15) is 0 Å². The van der Waals surface area contributed by atoms with E-state index in [1.54, 1.807) is 11.3 Å². The molecule has 0 aromatic carbocycles. The highest BCUT2D eigenvalue weighted by molar-refractivity contribution is 9.10. The van der Waals surface area contributed by atoms with Crippen molar-refractivity contribution >= 4 is 33.2 Å². The number of rotatable bonds is 4. The molecule has 2 heterocycles. The summed E-state index contributed by atoms with van der Waals surface area (Å²) in [6.45, 7) is 4.92. The van der Waals surface area contributed by atoms with Crippen LogP contribution in [-0.4, -0.2) is 24.7 Å². The maximum absolute atomic E-state index is 12.1. The summed E-state index contributed by atoms with van der Waals surface area (Å²) >= 11 is 5.04. The van der Waals surface area contributed by atoms with Crippen LogP contribution in [0, 0.1) is 0 Å². The molecule has 2 rings (SSSR count). The van der Waals surface area contributed by atoms with Crippen molar-refractivity contribution in [3.63, 3.8) is 0 Å². The predicted molar refractivity (Wildman–Crippen MR) is 77.3 cm³/mol. The second-order valence-corrected chi connectivity index (χ2v) is 6.54. The van der Waals surface area contributed by atoms with Crippen LogP contribution in [0.3, 0.4) is 0 Å². The van der Waals surface area contributed by atoms with Crippen molar-refractivity contribution in [3.05, 3.63) is 20.3 Å². The zero-order chi connectivity index (χ0) is 13.1. The lowest BCUT2D eigenvalue weighted by atomic mass is 10.1. The second-order valence-electron chi connectivity index (χ2n) is 4.55. The Morgan fingerprint density at radius 2 is 2.50 bits per heavy atom. The number of halogens is 1. The maximum Gasteiger partial charge on any atom is 0.261 e. The van der Waals surface area contributed by atoms with E-state index in [1.165, 1.54) is 4.88 Å². The van der Waals surface area contributed by atoms with Gasteiger partial charge >= 0.3 is 0 Å². The fraction of sp³-hybridized carbons (Fsp3) is 0.615. The molecule has 1 saturated heterocycles. The van der Waals surface area contributed by atoms with Crippen LogP contribution in [0.25, 0.3) is 0 Å². The maximum atomic E-state index is 12.1. The second kappa shape index (κ2) is 6.17. The Morgan fingerprint density at radius 3 is 3.06 bits per heavy atom. The lowest BCUT2D eigenvalue weighted by Gasteiger charge is -2.19. The van der Waals surface area contributed by atoms with Gasteiger partial charge in [-0.25, -0.2) is 0 Å².